The molecule has 1 rings (SSSR count). The molecular formula is C10H13N3O2. The van der Waals surface area contributed by atoms with E-state index >= 15 is 0 Å². The third kappa shape index (κ3) is 2.98. The van der Waals surface area contributed by atoms with Gasteiger partial charge in [0.2, 0.25) is 0 Å². The molecule has 0 heterocycles. The molecule has 1 aromatic carbocycles. The standard InChI is InChI=1S/C10H13N3O2/c1-7(2)6-12-8-3-4-10(13(14)15)9(11)5-8/h3-5,12H,1,6,11H2,2H3. The van der Waals surface area contributed by atoms with Gasteiger partial charge in [0.05, 0.1) is 4.92 Å². The Kier molecular flexibility index (Phi) is 3.28. The van der Waals surface area contributed by atoms with Crippen molar-refractivity contribution in [2.75, 3.05) is 17.6 Å². The van der Waals surface area contributed by atoms with Crippen LogP contribution in [0.4, 0.5) is 17.1 Å². The van der Waals surface area contributed by atoms with Crippen LogP contribution >= 0.6 is 0 Å². The summed E-state index contributed by atoms with van der Waals surface area (Å²) < 4.78 is 0. The van der Waals surface area contributed by atoms with Gasteiger partial charge in [0.15, 0.2) is 0 Å². The van der Waals surface area contributed by atoms with Crippen LogP contribution in [0, 0.1) is 10.1 Å². The van der Waals surface area contributed by atoms with Gasteiger partial charge in [0.1, 0.15) is 5.69 Å². The lowest BCUT2D eigenvalue weighted by Crippen LogP contribution is -2.03. The number of nitrogen functional groups attached to an aromatic ring is 1. The van der Waals surface area contributed by atoms with E-state index in [9.17, 15) is 10.1 Å². The molecule has 5 nitrogen and oxygen atoms in total. The lowest BCUT2D eigenvalue weighted by molar-refractivity contribution is -0.383. The molecule has 3 N–H and O–H groups in total. The average molecular weight is 207 g/mol. The van der Waals surface area contributed by atoms with Gasteiger partial charge in [-0.05, 0) is 19.1 Å². The summed E-state index contributed by atoms with van der Waals surface area (Å²) in [6.45, 7) is 6.25. The van der Waals surface area contributed by atoms with Crippen molar-refractivity contribution in [3.8, 4) is 0 Å². The monoisotopic (exact) mass is 207 g/mol. The van der Waals surface area contributed by atoms with Gasteiger partial charge in [-0.25, -0.2) is 0 Å². The number of rotatable bonds is 4. The van der Waals surface area contributed by atoms with Gasteiger partial charge in [-0.1, -0.05) is 12.2 Å². The first-order valence-corrected chi connectivity index (χ1v) is 4.43. The molecule has 0 fully saturated rings. The van der Waals surface area contributed by atoms with E-state index in [1.807, 2.05) is 6.92 Å². The maximum absolute atomic E-state index is 10.5. The molecule has 0 aliphatic heterocycles. The summed E-state index contributed by atoms with van der Waals surface area (Å²) >= 11 is 0. The van der Waals surface area contributed by atoms with Crippen molar-refractivity contribution in [1.82, 2.24) is 0 Å². The van der Waals surface area contributed by atoms with Crippen molar-refractivity contribution in [3.05, 3.63) is 40.5 Å². The minimum atomic E-state index is -0.502. The Hall–Kier alpha value is -2.04. The summed E-state index contributed by atoms with van der Waals surface area (Å²) in [4.78, 5) is 9.99. The number of hydrogen-bond donors (Lipinski definition) is 2. The fraction of sp³-hybridized carbons (Fsp3) is 0.200. The van der Waals surface area contributed by atoms with Crippen molar-refractivity contribution in [3.63, 3.8) is 0 Å². The van der Waals surface area contributed by atoms with Crippen LogP contribution in [0.25, 0.3) is 0 Å². The molecule has 80 valence electrons. The second-order valence-electron chi connectivity index (χ2n) is 3.34. The summed E-state index contributed by atoms with van der Waals surface area (Å²) in [7, 11) is 0. The number of benzene rings is 1. The topological polar surface area (TPSA) is 81.2 Å². The Morgan fingerprint density at radius 1 is 1.67 bits per heavy atom. The summed E-state index contributed by atoms with van der Waals surface area (Å²) in [5, 5.41) is 13.5. The van der Waals surface area contributed by atoms with Crippen molar-refractivity contribution in [2.45, 2.75) is 6.92 Å². The zero-order valence-electron chi connectivity index (χ0n) is 8.49. The summed E-state index contributed by atoms with van der Waals surface area (Å²) in [6.07, 6.45) is 0. The van der Waals surface area contributed by atoms with E-state index in [2.05, 4.69) is 11.9 Å². The minimum Gasteiger partial charge on any atom is -0.393 e. The molecule has 0 saturated heterocycles. The highest BCUT2D eigenvalue weighted by Gasteiger charge is 2.10. The third-order valence-electron chi connectivity index (χ3n) is 1.82. The Balaban J connectivity index is 2.82. The highest BCUT2D eigenvalue weighted by atomic mass is 16.6. The summed E-state index contributed by atoms with van der Waals surface area (Å²) in [6, 6.07) is 4.55. The number of nitro groups is 1. The van der Waals surface area contributed by atoms with Crippen LogP contribution in [0.15, 0.2) is 30.4 Å². The van der Waals surface area contributed by atoms with Gasteiger partial charge < -0.3 is 11.1 Å². The second kappa shape index (κ2) is 4.45. The zero-order valence-corrected chi connectivity index (χ0v) is 8.49. The Bertz CT molecular complexity index is 402. The van der Waals surface area contributed by atoms with E-state index in [0.29, 0.717) is 6.54 Å². The SMILES string of the molecule is C=C(C)CNc1ccc([N+](=O)[O-])c(N)c1. The number of nitrogens with two attached hydrogens (primary N) is 1. The van der Waals surface area contributed by atoms with E-state index in [1.54, 1.807) is 12.1 Å². The van der Waals surface area contributed by atoms with Gasteiger partial charge in [0.25, 0.3) is 5.69 Å². The molecular weight excluding hydrogens is 194 g/mol. The number of nitrogens with zero attached hydrogens (tertiary/aromatic N) is 1. The Morgan fingerprint density at radius 2 is 2.33 bits per heavy atom. The first-order chi connectivity index (χ1) is 7.00. The molecule has 0 spiro atoms. The molecule has 0 amide bonds. The van der Waals surface area contributed by atoms with Crippen LogP contribution in [0.1, 0.15) is 6.92 Å². The van der Waals surface area contributed by atoms with E-state index < -0.39 is 4.92 Å². The van der Waals surface area contributed by atoms with Crippen molar-refractivity contribution in [2.24, 2.45) is 0 Å². The molecule has 0 unspecified atom stereocenters. The molecule has 15 heavy (non-hydrogen) atoms. The number of nitrogens with one attached hydrogen (secondary N) is 1. The predicted octanol–water partition coefficient (Wildman–Crippen LogP) is 2.17. The molecule has 0 atom stereocenters. The molecule has 0 aromatic heterocycles. The Morgan fingerprint density at radius 3 is 2.80 bits per heavy atom. The van der Waals surface area contributed by atoms with Gasteiger partial charge in [-0.3, -0.25) is 10.1 Å². The minimum absolute atomic E-state index is 0.0733. The molecule has 0 bridgehead atoms. The van der Waals surface area contributed by atoms with E-state index in [4.69, 9.17) is 5.73 Å². The fourth-order valence-corrected chi connectivity index (χ4v) is 1.08. The van der Waals surface area contributed by atoms with E-state index in [1.165, 1.54) is 6.07 Å². The molecule has 0 radical (unpaired) electrons. The molecule has 0 aliphatic carbocycles. The first-order valence-electron chi connectivity index (χ1n) is 4.43. The van der Waals surface area contributed by atoms with Crippen molar-refractivity contribution < 1.29 is 4.92 Å². The summed E-state index contributed by atoms with van der Waals surface area (Å²) in [5.74, 6) is 0. The van der Waals surface area contributed by atoms with Gasteiger partial charge in [-0.2, -0.15) is 0 Å². The normalized spacial score (nSPS) is 9.67. The van der Waals surface area contributed by atoms with Crippen LogP contribution in [0.5, 0.6) is 0 Å². The smallest absolute Gasteiger partial charge is 0.292 e. The van der Waals surface area contributed by atoms with Gasteiger partial charge >= 0.3 is 0 Å². The van der Waals surface area contributed by atoms with E-state index in [-0.39, 0.29) is 11.4 Å². The quantitative estimate of drug-likeness (QED) is 0.343. The molecule has 1 aromatic rings. The van der Waals surface area contributed by atoms with Crippen LogP contribution in [0.2, 0.25) is 0 Å². The number of nitro benzene ring substituents is 1. The number of anilines is 2. The van der Waals surface area contributed by atoms with E-state index in [0.717, 1.165) is 11.3 Å². The maximum Gasteiger partial charge on any atom is 0.292 e. The molecule has 0 aliphatic rings. The van der Waals surface area contributed by atoms with Crippen LogP contribution < -0.4 is 11.1 Å². The van der Waals surface area contributed by atoms with Gasteiger partial charge in [-0.15, -0.1) is 0 Å². The zero-order chi connectivity index (χ0) is 11.4. The molecule has 0 saturated carbocycles. The molecule has 5 heteroatoms. The highest BCUT2D eigenvalue weighted by molar-refractivity contribution is 5.65. The van der Waals surface area contributed by atoms with Gasteiger partial charge in [0, 0.05) is 18.3 Å². The first kappa shape index (κ1) is 11.0. The lowest BCUT2D eigenvalue weighted by Gasteiger charge is -2.06. The Labute approximate surface area is 87.7 Å². The predicted molar refractivity (Wildman–Crippen MR) is 60.8 cm³/mol. The largest absolute Gasteiger partial charge is 0.393 e. The summed E-state index contributed by atoms with van der Waals surface area (Å²) in [5.41, 5.74) is 7.34. The highest BCUT2D eigenvalue weighted by Crippen LogP contribution is 2.24. The van der Waals surface area contributed by atoms with Crippen LogP contribution in [0.3, 0.4) is 0 Å². The fourth-order valence-electron chi connectivity index (χ4n) is 1.08. The lowest BCUT2D eigenvalue weighted by atomic mass is 10.2. The average Bonchev–Trinajstić information content (AvgIpc) is 2.14. The van der Waals surface area contributed by atoms with Crippen LogP contribution in [-0.4, -0.2) is 11.5 Å². The maximum atomic E-state index is 10.5. The van der Waals surface area contributed by atoms with Crippen molar-refractivity contribution >= 4 is 17.1 Å². The number of hydrogen-bond acceptors (Lipinski definition) is 4. The second-order valence-corrected chi connectivity index (χ2v) is 3.34. The van der Waals surface area contributed by atoms with Crippen molar-refractivity contribution in [1.29, 1.82) is 0 Å². The third-order valence-corrected chi connectivity index (χ3v) is 1.82. The van der Waals surface area contributed by atoms with Crippen LogP contribution in [-0.2, 0) is 0 Å².